The molecule has 72 valence electrons. The average Bonchev–Trinajstić information content (AvgIpc) is 2.19. The first-order valence-corrected chi connectivity index (χ1v) is 5.69. The van der Waals surface area contributed by atoms with Gasteiger partial charge in [-0.05, 0) is 36.8 Å². The van der Waals surface area contributed by atoms with Gasteiger partial charge in [0.15, 0.2) is 0 Å². The van der Waals surface area contributed by atoms with E-state index in [9.17, 15) is 0 Å². The zero-order valence-corrected chi connectivity index (χ0v) is 8.89. The van der Waals surface area contributed by atoms with E-state index in [0.717, 1.165) is 6.54 Å². The van der Waals surface area contributed by atoms with E-state index in [2.05, 4.69) is 31.2 Å². The molecule has 1 nitrogen and oxygen atoms in total. The Bertz CT molecular complexity index is 223. The van der Waals surface area contributed by atoms with E-state index in [4.69, 9.17) is 5.73 Å². The smallest absolute Gasteiger partial charge is 0.00719 e. The minimum Gasteiger partial charge on any atom is -0.330 e. The van der Waals surface area contributed by atoms with Gasteiger partial charge in [-0.1, -0.05) is 25.1 Å². The highest BCUT2D eigenvalue weighted by atomic mass is 32.2. The van der Waals surface area contributed by atoms with Gasteiger partial charge in [-0.3, -0.25) is 0 Å². The van der Waals surface area contributed by atoms with Gasteiger partial charge in [0, 0.05) is 4.90 Å². The third-order valence-electron chi connectivity index (χ3n) is 2.02. The van der Waals surface area contributed by atoms with Crippen LogP contribution in [0.15, 0.2) is 35.2 Å². The third-order valence-corrected chi connectivity index (χ3v) is 3.07. The predicted octanol–water partition coefficient (Wildman–Crippen LogP) is 2.76. The van der Waals surface area contributed by atoms with Gasteiger partial charge in [0.2, 0.25) is 0 Å². The normalized spacial score (nSPS) is 12.8. The van der Waals surface area contributed by atoms with Crippen molar-refractivity contribution in [3.05, 3.63) is 30.3 Å². The topological polar surface area (TPSA) is 26.0 Å². The maximum absolute atomic E-state index is 5.54. The molecule has 0 aliphatic heterocycles. The van der Waals surface area contributed by atoms with Crippen LogP contribution in [0.4, 0.5) is 0 Å². The summed E-state index contributed by atoms with van der Waals surface area (Å²) in [7, 11) is 0. The van der Waals surface area contributed by atoms with Crippen LogP contribution in [0.25, 0.3) is 0 Å². The van der Waals surface area contributed by atoms with Gasteiger partial charge in [0.25, 0.3) is 0 Å². The van der Waals surface area contributed by atoms with Gasteiger partial charge >= 0.3 is 0 Å². The Morgan fingerprint density at radius 1 is 1.31 bits per heavy atom. The summed E-state index contributed by atoms with van der Waals surface area (Å²) in [4.78, 5) is 1.35. The zero-order chi connectivity index (χ0) is 9.52. The second-order valence-electron chi connectivity index (χ2n) is 3.29. The van der Waals surface area contributed by atoms with Crippen LogP contribution < -0.4 is 5.73 Å². The van der Waals surface area contributed by atoms with Crippen molar-refractivity contribution in [1.82, 2.24) is 0 Å². The molecule has 0 saturated heterocycles. The highest BCUT2D eigenvalue weighted by molar-refractivity contribution is 7.99. The van der Waals surface area contributed by atoms with Gasteiger partial charge in [0.05, 0.1) is 0 Å². The van der Waals surface area contributed by atoms with Crippen LogP contribution in [-0.4, -0.2) is 12.3 Å². The van der Waals surface area contributed by atoms with Crippen molar-refractivity contribution in [2.24, 2.45) is 11.7 Å². The highest BCUT2D eigenvalue weighted by Crippen LogP contribution is 2.19. The van der Waals surface area contributed by atoms with E-state index in [1.165, 1.54) is 17.1 Å². The Balaban J connectivity index is 2.20. The van der Waals surface area contributed by atoms with Crippen LogP contribution in [0.1, 0.15) is 13.3 Å². The Labute approximate surface area is 84.7 Å². The van der Waals surface area contributed by atoms with E-state index < -0.39 is 0 Å². The van der Waals surface area contributed by atoms with Crippen molar-refractivity contribution in [2.45, 2.75) is 18.2 Å². The van der Waals surface area contributed by atoms with E-state index in [1.807, 2.05) is 17.8 Å². The Morgan fingerprint density at radius 3 is 2.62 bits per heavy atom. The molecule has 1 atom stereocenters. The van der Waals surface area contributed by atoms with Crippen molar-refractivity contribution in [2.75, 3.05) is 12.3 Å². The summed E-state index contributed by atoms with van der Waals surface area (Å²) in [5.74, 6) is 1.82. The quantitative estimate of drug-likeness (QED) is 0.731. The van der Waals surface area contributed by atoms with Gasteiger partial charge in [0.1, 0.15) is 0 Å². The summed E-state index contributed by atoms with van der Waals surface area (Å²) >= 11 is 1.91. The van der Waals surface area contributed by atoms with Crippen molar-refractivity contribution < 1.29 is 0 Å². The largest absolute Gasteiger partial charge is 0.330 e. The monoisotopic (exact) mass is 195 g/mol. The van der Waals surface area contributed by atoms with Crippen molar-refractivity contribution >= 4 is 11.8 Å². The Hall–Kier alpha value is -0.470. The molecule has 2 heteroatoms. The molecule has 0 radical (unpaired) electrons. The molecule has 13 heavy (non-hydrogen) atoms. The summed E-state index contributed by atoms with van der Waals surface area (Å²) < 4.78 is 0. The fourth-order valence-corrected chi connectivity index (χ4v) is 2.12. The summed E-state index contributed by atoms with van der Waals surface area (Å²) in [5.41, 5.74) is 5.54. The van der Waals surface area contributed by atoms with Crippen molar-refractivity contribution in [3.8, 4) is 0 Å². The molecule has 0 aromatic heterocycles. The van der Waals surface area contributed by atoms with Crippen LogP contribution in [0.5, 0.6) is 0 Å². The number of nitrogens with two attached hydrogens (primary N) is 1. The molecule has 0 aliphatic rings. The first-order valence-electron chi connectivity index (χ1n) is 4.71. The molecule has 0 aliphatic carbocycles. The molecule has 1 aromatic rings. The number of hydrogen-bond acceptors (Lipinski definition) is 2. The lowest BCUT2D eigenvalue weighted by atomic mass is 10.1. The molecule has 0 spiro atoms. The van der Waals surface area contributed by atoms with E-state index in [0.29, 0.717) is 5.92 Å². The molecule has 1 rings (SSSR count). The Kier molecular flexibility index (Phi) is 4.94. The first-order chi connectivity index (χ1) is 6.33. The minimum absolute atomic E-state index is 0.649. The first kappa shape index (κ1) is 10.6. The van der Waals surface area contributed by atoms with E-state index in [1.54, 1.807) is 0 Å². The van der Waals surface area contributed by atoms with Gasteiger partial charge < -0.3 is 5.73 Å². The van der Waals surface area contributed by atoms with Gasteiger partial charge in [-0.15, -0.1) is 11.8 Å². The summed E-state index contributed by atoms with van der Waals surface area (Å²) in [6.07, 6.45) is 1.20. The number of hydrogen-bond donors (Lipinski definition) is 1. The second kappa shape index (κ2) is 6.06. The average molecular weight is 195 g/mol. The van der Waals surface area contributed by atoms with Crippen LogP contribution in [0, 0.1) is 5.92 Å². The van der Waals surface area contributed by atoms with Crippen LogP contribution in [0.2, 0.25) is 0 Å². The molecule has 1 aromatic carbocycles. The van der Waals surface area contributed by atoms with E-state index in [-0.39, 0.29) is 0 Å². The molecule has 0 amide bonds. The van der Waals surface area contributed by atoms with Gasteiger partial charge in [-0.25, -0.2) is 0 Å². The molecule has 2 N–H and O–H groups in total. The molecule has 0 heterocycles. The maximum Gasteiger partial charge on any atom is 0.00719 e. The fraction of sp³-hybridized carbons (Fsp3) is 0.455. The summed E-state index contributed by atoms with van der Waals surface area (Å²) in [6, 6.07) is 10.5. The van der Waals surface area contributed by atoms with Gasteiger partial charge in [-0.2, -0.15) is 0 Å². The van der Waals surface area contributed by atoms with Crippen LogP contribution >= 0.6 is 11.8 Å². The lowest BCUT2D eigenvalue weighted by Gasteiger charge is -2.06. The standard InChI is InChI=1S/C11H17NS/c1-10(9-12)7-8-13-11-5-3-2-4-6-11/h2-6,10H,7-9,12H2,1H3. The fourth-order valence-electron chi connectivity index (χ4n) is 1.01. The SMILES string of the molecule is CC(CN)CCSc1ccccc1. The molecular weight excluding hydrogens is 178 g/mol. The highest BCUT2D eigenvalue weighted by Gasteiger charge is 1.98. The van der Waals surface area contributed by atoms with E-state index >= 15 is 0 Å². The second-order valence-corrected chi connectivity index (χ2v) is 4.46. The maximum atomic E-state index is 5.54. The molecule has 1 unspecified atom stereocenters. The number of rotatable bonds is 5. The van der Waals surface area contributed by atoms with Crippen LogP contribution in [-0.2, 0) is 0 Å². The number of benzene rings is 1. The lowest BCUT2D eigenvalue weighted by Crippen LogP contribution is -2.11. The third kappa shape index (κ3) is 4.34. The van der Waals surface area contributed by atoms with Crippen molar-refractivity contribution in [3.63, 3.8) is 0 Å². The Morgan fingerprint density at radius 2 is 2.00 bits per heavy atom. The zero-order valence-electron chi connectivity index (χ0n) is 8.07. The molecular formula is C11H17NS. The predicted molar refractivity (Wildman–Crippen MR) is 60.0 cm³/mol. The molecule has 0 bridgehead atoms. The minimum atomic E-state index is 0.649. The summed E-state index contributed by atoms with van der Waals surface area (Å²) in [5, 5.41) is 0. The lowest BCUT2D eigenvalue weighted by molar-refractivity contribution is 0.580. The van der Waals surface area contributed by atoms with Crippen LogP contribution in [0.3, 0.4) is 0 Å². The summed E-state index contributed by atoms with van der Waals surface area (Å²) in [6.45, 7) is 3.00. The number of thioether (sulfide) groups is 1. The molecule has 0 fully saturated rings. The van der Waals surface area contributed by atoms with Crippen molar-refractivity contribution in [1.29, 1.82) is 0 Å². The molecule has 0 saturated carbocycles.